The zero-order chi connectivity index (χ0) is 11.7. The van der Waals surface area contributed by atoms with E-state index in [1.54, 1.807) is 6.07 Å². The zero-order valence-electron chi connectivity index (χ0n) is 9.54. The van der Waals surface area contributed by atoms with Gasteiger partial charge < -0.3 is 16.4 Å². The predicted octanol–water partition coefficient (Wildman–Crippen LogP) is 2.74. The zero-order valence-corrected chi connectivity index (χ0v) is 10.3. The molecule has 1 saturated heterocycles. The lowest BCUT2D eigenvalue weighted by molar-refractivity contribution is 0.447. The van der Waals surface area contributed by atoms with E-state index in [0.29, 0.717) is 22.3 Å². The Morgan fingerprint density at radius 2 is 2.00 bits per heavy atom. The quantitative estimate of drug-likeness (QED) is 0.741. The Bertz CT molecular complexity index is 392. The molecule has 1 unspecified atom stereocenters. The van der Waals surface area contributed by atoms with E-state index in [0.717, 1.165) is 18.8 Å². The fourth-order valence-corrected chi connectivity index (χ4v) is 2.54. The Morgan fingerprint density at radius 3 is 2.69 bits per heavy atom. The van der Waals surface area contributed by atoms with Gasteiger partial charge in [0.2, 0.25) is 0 Å². The van der Waals surface area contributed by atoms with Gasteiger partial charge in [-0.25, -0.2) is 0 Å². The summed E-state index contributed by atoms with van der Waals surface area (Å²) < 4.78 is 0. The molecule has 1 aliphatic rings. The van der Waals surface area contributed by atoms with E-state index in [-0.39, 0.29) is 0 Å². The summed E-state index contributed by atoms with van der Waals surface area (Å²) in [6.45, 7) is 4.36. The van der Waals surface area contributed by atoms with Crippen molar-refractivity contribution < 1.29 is 0 Å². The van der Waals surface area contributed by atoms with Crippen LogP contribution in [0.3, 0.4) is 0 Å². The first-order valence-corrected chi connectivity index (χ1v) is 6.05. The molecule has 0 radical (unpaired) electrons. The number of nitrogen functional groups attached to an aromatic ring is 2. The van der Waals surface area contributed by atoms with Gasteiger partial charge in [0.25, 0.3) is 0 Å². The molecule has 16 heavy (non-hydrogen) atoms. The average Bonchev–Trinajstić information content (AvgIpc) is 2.23. The molecule has 0 aromatic heterocycles. The minimum absolute atomic E-state index is 0.554. The molecule has 1 aromatic carbocycles. The summed E-state index contributed by atoms with van der Waals surface area (Å²) in [6.07, 6.45) is 2.50. The van der Waals surface area contributed by atoms with Crippen molar-refractivity contribution in [1.29, 1.82) is 0 Å². The number of benzene rings is 1. The van der Waals surface area contributed by atoms with Gasteiger partial charge in [-0.3, -0.25) is 0 Å². The molecule has 1 atom stereocenters. The van der Waals surface area contributed by atoms with Crippen LogP contribution in [0.1, 0.15) is 19.8 Å². The third-order valence-corrected chi connectivity index (χ3v) is 3.45. The summed E-state index contributed by atoms with van der Waals surface area (Å²) in [4.78, 5) is 2.30. The van der Waals surface area contributed by atoms with E-state index in [1.807, 2.05) is 6.07 Å². The third-order valence-electron chi connectivity index (χ3n) is 3.15. The number of piperidine rings is 1. The Kier molecular flexibility index (Phi) is 3.15. The van der Waals surface area contributed by atoms with E-state index in [4.69, 9.17) is 23.1 Å². The first-order valence-electron chi connectivity index (χ1n) is 5.67. The smallest absolute Gasteiger partial charge is 0.0661 e. The van der Waals surface area contributed by atoms with Crippen LogP contribution < -0.4 is 16.4 Å². The number of hydrogen-bond donors (Lipinski definition) is 2. The van der Waals surface area contributed by atoms with Crippen molar-refractivity contribution in [1.82, 2.24) is 0 Å². The lowest BCUT2D eigenvalue weighted by Crippen LogP contribution is -2.34. The highest BCUT2D eigenvalue weighted by Gasteiger charge is 2.19. The molecule has 0 saturated carbocycles. The summed E-state index contributed by atoms with van der Waals surface area (Å²) in [6, 6.07) is 3.63. The Hall–Kier alpha value is -1.09. The molecule has 4 heteroatoms. The largest absolute Gasteiger partial charge is 0.397 e. The minimum Gasteiger partial charge on any atom is -0.397 e. The standard InChI is InChI=1S/C12H18ClN3/c1-8-3-2-4-16(7-8)12-6-11(15)10(14)5-9(12)13/h5-6,8H,2-4,7,14-15H2,1H3. The maximum absolute atomic E-state index is 6.21. The average molecular weight is 240 g/mol. The fourth-order valence-electron chi connectivity index (χ4n) is 2.24. The minimum atomic E-state index is 0.554. The van der Waals surface area contributed by atoms with Crippen molar-refractivity contribution in [3.63, 3.8) is 0 Å². The SMILES string of the molecule is CC1CCCN(c2cc(N)c(N)cc2Cl)C1. The van der Waals surface area contributed by atoms with Crippen LogP contribution in [-0.2, 0) is 0 Å². The summed E-state index contributed by atoms with van der Waals surface area (Å²) in [5, 5.41) is 0.695. The van der Waals surface area contributed by atoms with Gasteiger partial charge in [-0.2, -0.15) is 0 Å². The van der Waals surface area contributed by atoms with E-state index < -0.39 is 0 Å². The van der Waals surface area contributed by atoms with Gasteiger partial charge in [0.1, 0.15) is 0 Å². The highest BCUT2D eigenvalue weighted by atomic mass is 35.5. The van der Waals surface area contributed by atoms with Crippen LogP contribution in [0.4, 0.5) is 17.1 Å². The van der Waals surface area contributed by atoms with Crippen molar-refractivity contribution in [2.45, 2.75) is 19.8 Å². The van der Waals surface area contributed by atoms with Crippen LogP contribution in [0.5, 0.6) is 0 Å². The summed E-state index contributed by atoms with van der Waals surface area (Å²) >= 11 is 6.21. The molecular weight excluding hydrogens is 222 g/mol. The molecule has 2 rings (SSSR count). The highest BCUT2D eigenvalue weighted by Crippen LogP contribution is 2.34. The molecule has 3 nitrogen and oxygen atoms in total. The number of hydrogen-bond acceptors (Lipinski definition) is 3. The number of anilines is 3. The van der Waals surface area contributed by atoms with E-state index in [1.165, 1.54) is 12.8 Å². The van der Waals surface area contributed by atoms with Gasteiger partial charge in [0, 0.05) is 13.1 Å². The second-order valence-corrected chi connectivity index (χ2v) is 5.03. The molecule has 0 bridgehead atoms. The Morgan fingerprint density at radius 1 is 1.31 bits per heavy atom. The lowest BCUT2D eigenvalue weighted by atomic mass is 9.99. The molecule has 0 spiro atoms. The summed E-state index contributed by atoms with van der Waals surface area (Å²) in [5.41, 5.74) is 13.7. The van der Waals surface area contributed by atoms with E-state index >= 15 is 0 Å². The molecule has 1 heterocycles. The number of nitrogens with two attached hydrogens (primary N) is 2. The molecule has 1 fully saturated rings. The first-order chi connectivity index (χ1) is 7.58. The van der Waals surface area contributed by atoms with Gasteiger partial charge in [-0.15, -0.1) is 0 Å². The Balaban J connectivity index is 2.29. The van der Waals surface area contributed by atoms with Crippen molar-refractivity contribution >= 4 is 28.7 Å². The normalized spacial score (nSPS) is 21.1. The van der Waals surface area contributed by atoms with Gasteiger partial charge in [-0.05, 0) is 30.9 Å². The van der Waals surface area contributed by atoms with Crippen LogP contribution in [-0.4, -0.2) is 13.1 Å². The number of nitrogens with zero attached hydrogens (tertiary/aromatic N) is 1. The lowest BCUT2D eigenvalue weighted by Gasteiger charge is -2.33. The fraction of sp³-hybridized carbons (Fsp3) is 0.500. The summed E-state index contributed by atoms with van der Waals surface area (Å²) in [5.74, 6) is 0.712. The van der Waals surface area contributed by atoms with Crippen molar-refractivity contribution in [3.8, 4) is 0 Å². The second kappa shape index (κ2) is 4.42. The molecule has 1 aromatic rings. The molecule has 0 amide bonds. The molecule has 4 N–H and O–H groups in total. The monoisotopic (exact) mass is 239 g/mol. The van der Waals surface area contributed by atoms with Crippen LogP contribution in [0.25, 0.3) is 0 Å². The van der Waals surface area contributed by atoms with Crippen LogP contribution >= 0.6 is 11.6 Å². The highest BCUT2D eigenvalue weighted by molar-refractivity contribution is 6.33. The van der Waals surface area contributed by atoms with Gasteiger partial charge in [-0.1, -0.05) is 18.5 Å². The van der Waals surface area contributed by atoms with E-state index in [9.17, 15) is 0 Å². The third kappa shape index (κ3) is 2.19. The van der Waals surface area contributed by atoms with Gasteiger partial charge in [0.05, 0.1) is 22.1 Å². The second-order valence-electron chi connectivity index (χ2n) is 4.63. The van der Waals surface area contributed by atoms with Crippen LogP contribution in [0, 0.1) is 5.92 Å². The number of halogens is 1. The van der Waals surface area contributed by atoms with E-state index in [2.05, 4.69) is 11.8 Å². The Labute approximate surface area is 101 Å². The number of rotatable bonds is 1. The van der Waals surface area contributed by atoms with Crippen molar-refractivity contribution in [2.24, 2.45) is 5.92 Å². The maximum Gasteiger partial charge on any atom is 0.0661 e. The first kappa shape index (κ1) is 11.4. The topological polar surface area (TPSA) is 55.3 Å². The van der Waals surface area contributed by atoms with Gasteiger partial charge >= 0.3 is 0 Å². The maximum atomic E-state index is 6.21. The molecule has 0 aliphatic carbocycles. The van der Waals surface area contributed by atoms with Crippen molar-refractivity contribution in [3.05, 3.63) is 17.2 Å². The van der Waals surface area contributed by atoms with Gasteiger partial charge in [0.15, 0.2) is 0 Å². The predicted molar refractivity (Wildman–Crippen MR) is 70.9 cm³/mol. The molecule has 1 aliphatic heterocycles. The molecular formula is C12H18ClN3. The van der Waals surface area contributed by atoms with Crippen molar-refractivity contribution in [2.75, 3.05) is 29.5 Å². The summed E-state index contributed by atoms with van der Waals surface area (Å²) in [7, 11) is 0. The van der Waals surface area contributed by atoms with Crippen LogP contribution in [0.2, 0.25) is 5.02 Å². The van der Waals surface area contributed by atoms with Crippen LogP contribution in [0.15, 0.2) is 12.1 Å². The molecule has 88 valence electrons.